The Hall–Kier alpha value is -0.960. The third kappa shape index (κ3) is 1.30. The number of halogens is 1. The van der Waals surface area contributed by atoms with E-state index in [1.165, 1.54) is 0 Å². The van der Waals surface area contributed by atoms with Gasteiger partial charge in [-0.2, -0.15) is 0 Å². The molecular formula is C6H7ClN2O. The lowest BCUT2D eigenvalue weighted by atomic mass is 10.3. The number of primary amides is 1. The first kappa shape index (κ1) is 7.15. The third-order valence-electron chi connectivity index (χ3n) is 1.14. The molecule has 4 heteroatoms. The fraction of sp³-hybridized carbons (Fsp3) is 0.167. The molecule has 0 saturated heterocycles. The minimum Gasteiger partial charge on any atom is -0.368 e. The van der Waals surface area contributed by atoms with Crippen molar-refractivity contribution >= 4 is 17.5 Å². The summed E-state index contributed by atoms with van der Waals surface area (Å²) in [7, 11) is 0. The van der Waals surface area contributed by atoms with E-state index in [-0.39, 0.29) is 0 Å². The lowest BCUT2D eigenvalue weighted by Crippen LogP contribution is -2.17. The highest BCUT2D eigenvalue weighted by atomic mass is 35.5. The number of aromatic amines is 1. The van der Waals surface area contributed by atoms with Crippen molar-refractivity contribution in [2.24, 2.45) is 5.73 Å². The molecule has 1 aromatic rings. The summed E-state index contributed by atoms with van der Waals surface area (Å²) in [4.78, 5) is 13.3. The zero-order valence-electron chi connectivity index (χ0n) is 5.17. The van der Waals surface area contributed by atoms with E-state index >= 15 is 0 Å². The van der Waals surface area contributed by atoms with Gasteiger partial charge in [0.2, 0.25) is 5.91 Å². The molecule has 0 aliphatic carbocycles. The van der Waals surface area contributed by atoms with Gasteiger partial charge in [0.15, 0.2) is 5.38 Å². The van der Waals surface area contributed by atoms with Gasteiger partial charge >= 0.3 is 0 Å². The van der Waals surface area contributed by atoms with Gasteiger partial charge in [-0.15, -0.1) is 11.6 Å². The molecule has 3 nitrogen and oxygen atoms in total. The number of hydrogen-bond donors (Lipinski definition) is 2. The highest BCUT2D eigenvalue weighted by Gasteiger charge is 2.13. The molecule has 0 aromatic carbocycles. The molecule has 0 aliphatic heterocycles. The van der Waals surface area contributed by atoms with Crippen LogP contribution in [0.5, 0.6) is 0 Å². The van der Waals surface area contributed by atoms with E-state index in [2.05, 4.69) is 4.98 Å². The van der Waals surface area contributed by atoms with Gasteiger partial charge in [0.25, 0.3) is 0 Å². The second-order valence-electron chi connectivity index (χ2n) is 1.89. The summed E-state index contributed by atoms with van der Waals surface area (Å²) in [5.41, 5.74) is 5.57. The first-order valence-electron chi connectivity index (χ1n) is 2.78. The Morgan fingerprint density at radius 1 is 1.80 bits per heavy atom. The van der Waals surface area contributed by atoms with Crippen LogP contribution in [0.3, 0.4) is 0 Å². The zero-order valence-corrected chi connectivity index (χ0v) is 5.93. The minimum absolute atomic E-state index is 0.538. The summed E-state index contributed by atoms with van der Waals surface area (Å²) < 4.78 is 0. The summed E-state index contributed by atoms with van der Waals surface area (Å²) >= 11 is 5.58. The van der Waals surface area contributed by atoms with Crippen LogP contribution in [-0.4, -0.2) is 10.9 Å². The molecule has 1 heterocycles. The molecule has 0 saturated carbocycles. The number of carbonyl (C=O) groups excluding carboxylic acids is 1. The first-order chi connectivity index (χ1) is 4.72. The van der Waals surface area contributed by atoms with E-state index in [0.29, 0.717) is 5.69 Å². The van der Waals surface area contributed by atoms with Crippen molar-refractivity contribution in [3.8, 4) is 0 Å². The van der Waals surface area contributed by atoms with Crippen molar-refractivity contribution < 1.29 is 4.79 Å². The maximum atomic E-state index is 10.5. The van der Waals surface area contributed by atoms with Crippen LogP contribution in [0.15, 0.2) is 18.3 Å². The van der Waals surface area contributed by atoms with Crippen LogP contribution >= 0.6 is 11.6 Å². The van der Waals surface area contributed by atoms with Crippen molar-refractivity contribution in [2.45, 2.75) is 5.38 Å². The summed E-state index contributed by atoms with van der Waals surface area (Å²) in [6, 6.07) is 3.47. The normalized spacial score (nSPS) is 12.9. The molecule has 0 radical (unpaired) electrons. The van der Waals surface area contributed by atoms with E-state index in [9.17, 15) is 4.79 Å². The number of amides is 1. The first-order valence-corrected chi connectivity index (χ1v) is 3.22. The van der Waals surface area contributed by atoms with Crippen LogP contribution in [0.4, 0.5) is 0 Å². The molecule has 0 fully saturated rings. The molecule has 1 rings (SSSR count). The van der Waals surface area contributed by atoms with Crippen molar-refractivity contribution in [3.63, 3.8) is 0 Å². The molecule has 1 atom stereocenters. The standard InChI is InChI=1S/C6H7ClN2O/c7-5(6(8)10)4-2-1-3-9-4/h1-3,5,9H,(H2,8,10). The lowest BCUT2D eigenvalue weighted by Gasteiger charge is -1.99. The highest BCUT2D eigenvalue weighted by molar-refractivity contribution is 6.30. The highest BCUT2D eigenvalue weighted by Crippen LogP contribution is 2.16. The van der Waals surface area contributed by atoms with Gasteiger partial charge in [-0.25, -0.2) is 0 Å². The molecule has 0 spiro atoms. The topological polar surface area (TPSA) is 58.9 Å². The average molecular weight is 159 g/mol. The number of H-pyrrole nitrogens is 1. The number of alkyl halides is 1. The summed E-state index contributed by atoms with van der Waals surface area (Å²) in [5.74, 6) is -0.538. The molecular weight excluding hydrogens is 152 g/mol. The van der Waals surface area contributed by atoms with Crippen LogP contribution in [-0.2, 0) is 4.79 Å². The van der Waals surface area contributed by atoms with Crippen molar-refractivity contribution in [2.75, 3.05) is 0 Å². The Kier molecular flexibility index (Phi) is 1.97. The lowest BCUT2D eigenvalue weighted by molar-refractivity contribution is -0.117. The number of rotatable bonds is 2. The van der Waals surface area contributed by atoms with E-state index in [1.807, 2.05) is 0 Å². The van der Waals surface area contributed by atoms with Crippen LogP contribution in [0.1, 0.15) is 11.1 Å². The molecule has 54 valence electrons. The van der Waals surface area contributed by atoms with E-state index in [1.54, 1.807) is 18.3 Å². The monoisotopic (exact) mass is 158 g/mol. The maximum Gasteiger partial charge on any atom is 0.241 e. The number of carbonyl (C=O) groups is 1. The van der Waals surface area contributed by atoms with Gasteiger partial charge in [0.1, 0.15) is 0 Å². The van der Waals surface area contributed by atoms with Crippen molar-refractivity contribution in [1.29, 1.82) is 0 Å². The molecule has 1 unspecified atom stereocenters. The fourth-order valence-corrected chi connectivity index (χ4v) is 0.791. The number of nitrogens with one attached hydrogen (secondary N) is 1. The SMILES string of the molecule is NC(=O)C(Cl)c1ccc[nH]1. The summed E-state index contributed by atoms with van der Waals surface area (Å²) in [6.07, 6.45) is 1.69. The largest absolute Gasteiger partial charge is 0.368 e. The Labute approximate surface area is 63.2 Å². The fourth-order valence-electron chi connectivity index (χ4n) is 0.655. The van der Waals surface area contributed by atoms with Gasteiger partial charge < -0.3 is 10.7 Å². The molecule has 10 heavy (non-hydrogen) atoms. The second-order valence-corrected chi connectivity index (χ2v) is 2.33. The predicted molar refractivity (Wildman–Crippen MR) is 38.6 cm³/mol. The maximum absolute atomic E-state index is 10.5. The number of hydrogen-bond acceptors (Lipinski definition) is 1. The van der Waals surface area contributed by atoms with Crippen molar-refractivity contribution in [1.82, 2.24) is 4.98 Å². The van der Waals surface area contributed by atoms with E-state index in [0.717, 1.165) is 0 Å². The Balaban J connectivity index is 2.77. The molecule has 3 N–H and O–H groups in total. The molecule has 0 bridgehead atoms. The van der Waals surface area contributed by atoms with Crippen LogP contribution in [0, 0.1) is 0 Å². The smallest absolute Gasteiger partial charge is 0.241 e. The van der Waals surface area contributed by atoms with E-state index in [4.69, 9.17) is 17.3 Å². The van der Waals surface area contributed by atoms with Crippen LogP contribution < -0.4 is 5.73 Å². The van der Waals surface area contributed by atoms with Gasteiger partial charge in [-0.1, -0.05) is 0 Å². The van der Waals surface area contributed by atoms with Gasteiger partial charge in [0, 0.05) is 11.9 Å². The van der Waals surface area contributed by atoms with Crippen LogP contribution in [0.2, 0.25) is 0 Å². The summed E-state index contributed by atoms with van der Waals surface area (Å²) in [5, 5.41) is -0.741. The zero-order chi connectivity index (χ0) is 7.56. The minimum atomic E-state index is -0.741. The van der Waals surface area contributed by atoms with Crippen molar-refractivity contribution in [3.05, 3.63) is 24.0 Å². The summed E-state index contributed by atoms with van der Waals surface area (Å²) in [6.45, 7) is 0. The van der Waals surface area contributed by atoms with Gasteiger partial charge in [0.05, 0.1) is 0 Å². The Morgan fingerprint density at radius 2 is 2.50 bits per heavy atom. The molecule has 1 aromatic heterocycles. The quantitative estimate of drug-likeness (QED) is 0.614. The third-order valence-corrected chi connectivity index (χ3v) is 1.60. The molecule has 0 aliphatic rings. The number of aromatic nitrogens is 1. The van der Waals surface area contributed by atoms with Gasteiger partial charge in [-0.05, 0) is 12.1 Å². The molecule has 1 amide bonds. The van der Waals surface area contributed by atoms with E-state index < -0.39 is 11.3 Å². The predicted octanol–water partition coefficient (Wildman–Crippen LogP) is 0.780. The Bertz CT molecular complexity index is 220. The van der Waals surface area contributed by atoms with Gasteiger partial charge in [-0.3, -0.25) is 4.79 Å². The number of nitrogens with two attached hydrogens (primary N) is 1. The Morgan fingerprint density at radius 3 is 2.90 bits per heavy atom. The average Bonchev–Trinajstić information content (AvgIpc) is 2.36. The van der Waals surface area contributed by atoms with Crippen LogP contribution in [0.25, 0.3) is 0 Å². The second kappa shape index (κ2) is 2.75.